The Labute approximate surface area is 619 Å². The van der Waals surface area contributed by atoms with Gasteiger partial charge in [0.1, 0.15) is 0 Å². The van der Waals surface area contributed by atoms with Crippen LogP contribution in [-0.4, -0.2) is 0 Å². The third-order valence-corrected chi connectivity index (χ3v) is 26.4. The molecule has 0 bridgehead atoms. The molecule has 0 amide bonds. The van der Waals surface area contributed by atoms with Crippen LogP contribution in [0.3, 0.4) is 0 Å². The van der Waals surface area contributed by atoms with E-state index in [-0.39, 0.29) is 0 Å². The van der Waals surface area contributed by atoms with Crippen LogP contribution >= 0.6 is 0 Å². The predicted molar refractivity (Wildman–Crippen MR) is 461 cm³/mol. The highest BCUT2D eigenvalue weighted by molar-refractivity contribution is 6.61. The van der Waals surface area contributed by atoms with Crippen molar-refractivity contribution in [3.8, 4) is 0 Å². The Bertz CT molecular complexity index is 3850. The Morgan fingerprint density at radius 3 is 0.373 bits per heavy atom. The smallest absolute Gasteiger partial charge is 0.0000472 e. The van der Waals surface area contributed by atoms with Crippen molar-refractivity contribution in [2.75, 3.05) is 0 Å². The first-order valence-corrected chi connectivity index (χ1v) is 43.3. The monoisotopic (exact) mass is 1360 g/mol. The topological polar surface area (TPSA) is 0 Å². The Morgan fingerprint density at radius 1 is 0.147 bits per heavy atom. The summed E-state index contributed by atoms with van der Waals surface area (Å²) in [7, 11) is 0. The van der Waals surface area contributed by atoms with E-state index < -0.39 is 0 Å². The van der Waals surface area contributed by atoms with Crippen molar-refractivity contribution in [1.82, 2.24) is 0 Å². The highest BCUT2D eigenvalue weighted by Gasteiger charge is 2.33. The van der Waals surface area contributed by atoms with Crippen molar-refractivity contribution in [1.29, 1.82) is 0 Å². The number of hydrogen-bond acceptors (Lipinski definition) is 0. The standard InChI is InChI=1S/C102H138/c1-61(2)25-19-31-67(13)37-43-73-49-79-81-51-74(44-38-68(14)32-20-26-62(3)4)53-83-85-55-76(46-40-70(16)34-22-28-64(7)8)57-87-89-59-78(48-42-72(18)36-24-30-66(11)12)60-90-88-58-77(47-41-71(17)35-23-29-65(9)10)56-86-84-54-75(45-39-69(15)33-21-27-63(5)6)52-82-80(50-73)91(79)97-98(92(81)83)100(94(85)87)102(96(89)90)101(95(86)88)99(97)93(82)84/h49-72H,19-48H2,1-18H3. The second kappa shape index (κ2) is 32.3. The SMILES string of the molecule is CC(C)CCCC(C)CCc1cc2c3cc(CCC(C)CCCC(C)C)cc4c5cc(CCC(C)CCCC(C)C)cc6c7cc(CCC(C)CCCC(C)C)cc8c9cc(CCC(C)CCCC(C)C)cc%10c%11cc(CCC(C)CCCC(C)C)cc%12c(c1)c2c1c(c34)c(c56)c(c78)c(c%109)c1c%12%11. The van der Waals surface area contributed by atoms with Gasteiger partial charge in [-0.1, -0.05) is 313 Å². The molecule has 0 aliphatic carbocycles. The fourth-order valence-corrected chi connectivity index (χ4v) is 20.1. The van der Waals surface area contributed by atoms with Crippen LogP contribution in [0, 0.1) is 71.0 Å². The van der Waals surface area contributed by atoms with E-state index in [1.165, 1.54) is 219 Å². The van der Waals surface area contributed by atoms with E-state index in [1.807, 2.05) is 0 Å². The zero-order chi connectivity index (χ0) is 71.9. The molecule has 0 fully saturated rings. The Morgan fingerprint density at radius 2 is 0.265 bits per heavy atom. The van der Waals surface area contributed by atoms with E-state index in [1.54, 1.807) is 98.0 Å². The van der Waals surface area contributed by atoms with E-state index in [0.717, 1.165) is 74.0 Å². The van der Waals surface area contributed by atoms with Gasteiger partial charge in [0.15, 0.2) is 0 Å². The minimum Gasteiger partial charge on any atom is -0.0628 e. The first kappa shape index (κ1) is 74.8. The van der Waals surface area contributed by atoms with Gasteiger partial charge in [-0.2, -0.15) is 0 Å². The van der Waals surface area contributed by atoms with Gasteiger partial charge in [0.25, 0.3) is 0 Å². The summed E-state index contributed by atoms with van der Waals surface area (Å²) in [5, 5.41) is 37.1. The molecule has 0 heteroatoms. The fraction of sp³-hybridized carbons (Fsp3) is 0.588. The molecule has 0 aliphatic heterocycles. The van der Waals surface area contributed by atoms with Gasteiger partial charge >= 0.3 is 0 Å². The molecule has 0 aromatic heterocycles. The van der Waals surface area contributed by atoms with Crippen LogP contribution in [0.2, 0.25) is 0 Å². The predicted octanol–water partition coefficient (Wildman–Crippen LogP) is 32.5. The summed E-state index contributed by atoms with van der Waals surface area (Å²) in [6.07, 6.45) is 38.1. The fourth-order valence-electron chi connectivity index (χ4n) is 20.1. The molecule has 0 spiro atoms. The quantitative estimate of drug-likeness (QED) is 0.0264. The molecule has 546 valence electrons. The molecule has 13 aromatic rings. The Hall–Kier alpha value is -5.46. The summed E-state index contributed by atoms with van der Waals surface area (Å²) < 4.78 is 0. The summed E-state index contributed by atoms with van der Waals surface area (Å²) in [5.41, 5.74) is 9.29. The molecule has 0 saturated heterocycles. The summed E-state index contributed by atoms with van der Waals surface area (Å²) in [6, 6.07) is 33.5. The van der Waals surface area contributed by atoms with Crippen LogP contribution in [0.4, 0.5) is 0 Å². The highest BCUT2D eigenvalue weighted by Crippen LogP contribution is 2.61. The van der Waals surface area contributed by atoms with E-state index in [2.05, 4.69) is 197 Å². The van der Waals surface area contributed by atoms with E-state index >= 15 is 0 Å². The summed E-state index contributed by atoms with van der Waals surface area (Å²) >= 11 is 0. The Balaban J connectivity index is 1.16. The molecule has 0 radical (unpaired) electrons. The van der Waals surface area contributed by atoms with Gasteiger partial charge in [-0.25, -0.2) is 0 Å². The van der Waals surface area contributed by atoms with Crippen molar-refractivity contribution in [3.63, 3.8) is 0 Å². The van der Waals surface area contributed by atoms with Gasteiger partial charge in [-0.3, -0.25) is 0 Å². The highest BCUT2D eigenvalue weighted by atomic mass is 14.4. The summed E-state index contributed by atoms with van der Waals surface area (Å²) in [6.45, 7) is 44.3. The zero-order valence-electron chi connectivity index (χ0n) is 68.1. The molecular formula is C102H138. The third-order valence-electron chi connectivity index (χ3n) is 26.4. The summed E-state index contributed by atoms with van der Waals surface area (Å²) in [5.74, 6) is 8.73. The molecule has 0 nitrogen and oxygen atoms in total. The molecule has 6 unspecified atom stereocenters. The number of fused-ring (bicyclic) bond motifs is 6. The van der Waals surface area contributed by atoms with Crippen molar-refractivity contribution in [2.45, 2.75) is 317 Å². The number of hydrogen-bond donors (Lipinski definition) is 0. The van der Waals surface area contributed by atoms with Crippen LogP contribution in [0.25, 0.3) is 129 Å². The molecule has 102 heavy (non-hydrogen) atoms. The van der Waals surface area contributed by atoms with Crippen LogP contribution < -0.4 is 0 Å². The first-order chi connectivity index (χ1) is 49.0. The van der Waals surface area contributed by atoms with Gasteiger partial charge in [0, 0.05) is 0 Å². The Kier molecular flexibility index (Phi) is 23.7. The minimum absolute atomic E-state index is 0.693. The molecule has 6 atom stereocenters. The minimum atomic E-state index is 0.693. The lowest BCUT2D eigenvalue weighted by atomic mass is 9.72. The van der Waals surface area contributed by atoms with Crippen molar-refractivity contribution in [3.05, 3.63) is 106 Å². The van der Waals surface area contributed by atoms with Gasteiger partial charge in [-0.05, 0) is 311 Å². The molecular weight excluding hydrogens is 1230 g/mol. The van der Waals surface area contributed by atoms with Crippen molar-refractivity contribution < 1.29 is 0 Å². The van der Waals surface area contributed by atoms with Crippen molar-refractivity contribution in [2.24, 2.45) is 71.0 Å². The molecule has 0 heterocycles. The maximum Gasteiger partial charge on any atom is -0.0000472 e. The number of benzene rings is 13. The van der Waals surface area contributed by atoms with Gasteiger partial charge in [-0.15, -0.1) is 0 Å². The lowest BCUT2D eigenvalue weighted by Crippen LogP contribution is -2.05. The normalized spacial score (nSPS) is 15.1. The average Bonchev–Trinajstić information content (AvgIpc) is 0.643. The molecule has 13 aromatic carbocycles. The first-order valence-electron chi connectivity index (χ1n) is 43.3. The van der Waals surface area contributed by atoms with Crippen LogP contribution in [-0.2, 0) is 38.5 Å². The molecule has 0 N–H and O–H groups in total. The second-order valence-electron chi connectivity index (χ2n) is 38.5. The van der Waals surface area contributed by atoms with Gasteiger partial charge in [0.2, 0.25) is 0 Å². The number of rotatable bonds is 42. The van der Waals surface area contributed by atoms with E-state index in [9.17, 15) is 0 Å². The lowest BCUT2D eigenvalue weighted by molar-refractivity contribution is 0.437. The molecule has 0 saturated carbocycles. The summed E-state index contributed by atoms with van der Waals surface area (Å²) in [4.78, 5) is 0. The zero-order valence-corrected chi connectivity index (χ0v) is 68.1. The molecule has 0 aliphatic rings. The molecule has 13 rings (SSSR count). The van der Waals surface area contributed by atoms with Crippen LogP contribution in [0.1, 0.15) is 312 Å². The van der Waals surface area contributed by atoms with Gasteiger partial charge < -0.3 is 0 Å². The largest absolute Gasteiger partial charge is 0.0628 e. The second-order valence-corrected chi connectivity index (χ2v) is 38.5. The van der Waals surface area contributed by atoms with Crippen molar-refractivity contribution >= 4 is 129 Å². The van der Waals surface area contributed by atoms with Crippen LogP contribution in [0.5, 0.6) is 0 Å². The lowest BCUT2D eigenvalue weighted by Gasteiger charge is -2.30. The average molecular weight is 1360 g/mol. The third kappa shape index (κ3) is 15.8. The maximum atomic E-state index is 2.79. The van der Waals surface area contributed by atoms with E-state index in [0.29, 0.717) is 35.5 Å². The van der Waals surface area contributed by atoms with E-state index in [4.69, 9.17) is 0 Å². The maximum absolute atomic E-state index is 2.79. The van der Waals surface area contributed by atoms with Crippen LogP contribution in [0.15, 0.2) is 72.8 Å². The number of aryl methyl sites for hydroxylation is 6. The van der Waals surface area contributed by atoms with Gasteiger partial charge in [0.05, 0.1) is 0 Å².